The van der Waals surface area contributed by atoms with Crippen LogP contribution in [0.3, 0.4) is 0 Å². The minimum Gasteiger partial charge on any atom is -0.492 e. The average molecular weight is 442 g/mol. The van der Waals surface area contributed by atoms with E-state index in [1.54, 1.807) is 18.3 Å². The lowest BCUT2D eigenvalue weighted by atomic mass is 10.0. The summed E-state index contributed by atoms with van der Waals surface area (Å²) in [6.07, 6.45) is 5.70. The fourth-order valence-corrected chi connectivity index (χ4v) is 3.47. The fourth-order valence-electron chi connectivity index (χ4n) is 3.47. The number of fused-ring (bicyclic) bond motifs is 1. The second-order valence-electron chi connectivity index (χ2n) is 7.96. The van der Waals surface area contributed by atoms with Gasteiger partial charge in [0.05, 0.1) is 12.8 Å². The van der Waals surface area contributed by atoms with Gasteiger partial charge in [0.1, 0.15) is 5.75 Å². The van der Waals surface area contributed by atoms with E-state index < -0.39 is 11.6 Å². The third-order valence-electron chi connectivity index (χ3n) is 5.42. The highest BCUT2D eigenvalue weighted by Crippen LogP contribution is 2.20. The third-order valence-corrected chi connectivity index (χ3v) is 5.42. The van der Waals surface area contributed by atoms with Gasteiger partial charge in [-0.2, -0.15) is 0 Å². The van der Waals surface area contributed by atoms with Gasteiger partial charge in [0.2, 0.25) is 0 Å². The number of pyridine rings is 1. The van der Waals surface area contributed by atoms with Crippen LogP contribution in [0.25, 0.3) is 10.8 Å². The molecule has 0 fully saturated rings. The lowest BCUT2D eigenvalue weighted by Crippen LogP contribution is -1.99. The van der Waals surface area contributed by atoms with Gasteiger partial charge < -0.3 is 4.74 Å². The molecule has 3 aromatic carbocycles. The first-order chi connectivity index (χ1) is 16.1. The van der Waals surface area contributed by atoms with Crippen LogP contribution >= 0.6 is 0 Å². The Morgan fingerprint density at radius 3 is 2.24 bits per heavy atom. The molecule has 4 heteroatoms. The van der Waals surface area contributed by atoms with Gasteiger partial charge in [-0.3, -0.25) is 4.98 Å². The van der Waals surface area contributed by atoms with E-state index in [9.17, 15) is 8.78 Å². The molecule has 0 unspecified atom stereocenters. The van der Waals surface area contributed by atoms with Crippen molar-refractivity contribution in [2.45, 2.75) is 32.6 Å². The molecule has 0 N–H and O–H groups in total. The highest BCUT2D eigenvalue weighted by atomic mass is 19.2. The number of unbranched alkanes of at least 4 members (excludes halogenated alkanes) is 1. The van der Waals surface area contributed by atoms with Crippen LogP contribution in [0.4, 0.5) is 8.78 Å². The monoisotopic (exact) mass is 441 g/mol. The van der Waals surface area contributed by atoms with Gasteiger partial charge in [-0.05, 0) is 84.1 Å². The summed E-state index contributed by atoms with van der Waals surface area (Å²) in [7, 11) is 0. The third kappa shape index (κ3) is 6.17. The van der Waals surface area contributed by atoms with Crippen LogP contribution in [0.5, 0.6) is 5.75 Å². The quantitative estimate of drug-likeness (QED) is 0.230. The molecule has 1 aromatic heterocycles. The Bertz CT molecular complexity index is 1290. The van der Waals surface area contributed by atoms with Crippen molar-refractivity contribution in [3.8, 4) is 17.6 Å². The number of halogens is 2. The number of ether oxygens (including phenoxy) is 1. The molecule has 1 heterocycles. The van der Waals surface area contributed by atoms with Crippen molar-refractivity contribution in [2.75, 3.05) is 6.61 Å². The second kappa shape index (κ2) is 10.7. The summed E-state index contributed by atoms with van der Waals surface area (Å²) in [6, 6.07) is 19.9. The van der Waals surface area contributed by atoms with Crippen LogP contribution in [0.1, 0.15) is 42.1 Å². The molecule has 0 bridgehead atoms. The van der Waals surface area contributed by atoms with E-state index in [0.29, 0.717) is 10.8 Å². The van der Waals surface area contributed by atoms with E-state index in [1.807, 2.05) is 30.3 Å². The number of benzene rings is 3. The first-order valence-electron chi connectivity index (χ1n) is 11.2. The van der Waals surface area contributed by atoms with Crippen LogP contribution in [-0.4, -0.2) is 11.6 Å². The highest BCUT2D eigenvalue weighted by Gasteiger charge is 2.04. The maximum Gasteiger partial charge on any atom is 0.159 e. The van der Waals surface area contributed by atoms with E-state index in [1.165, 1.54) is 17.7 Å². The molecule has 0 atom stereocenters. The molecule has 0 spiro atoms. The molecular formula is C29H25F2NO. The van der Waals surface area contributed by atoms with Gasteiger partial charge in [0.25, 0.3) is 0 Å². The first-order valence-corrected chi connectivity index (χ1v) is 11.2. The zero-order chi connectivity index (χ0) is 23.0. The molecule has 166 valence electrons. The predicted molar refractivity (Wildman–Crippen MR) is 128 cm³/mol. The summed E-state index contributed by atoms with van der Waals surface area (Å²) in [5, 5.41) is 1.28. The van der Waals surface area contributed by atoms with Crippen molar-refractivity contribution in [3.63, 3.8) is 0 Å². The van der Waals surface area contributed by atoms with Gasteiger partial charge >= 0.3 is 0 Å². The predicted octanol–water partition coefficient (Wildman–Crippen LogP) is 6.88. The van der Waals surface area contributed by atoms with Gasteiger partial charge in [-0.15, -0.1) is 0 Å². The SMILES string of the molecule is CCCCOc1ccc(CCc2ccc(C#Cc3ccc4cc(F)c(F)cc4c3)cc2)nc1. The van der Waals surface area contributed by atoms with Gasteiger partial charge in [-0.25, -0.2) is 8.78 Å². The second-order valence-corrected chi connectivity index (χ2v) is 7.96. The average Bonchev–Trinajstić information content (AvgIpc) is 2.84. The minimum absolute atomic E-state index is 0.630. The largest absolute Gasteiger partial charge is 0.492 e. The maximum absolute atomic E-state index is 13.5. The number of aromatic nitrogens is 1. The number of aryl methyl sites for hydroxylation is 2. The minimum atomic E-state index is -0.852. The number of hydrogen-bond acceptors (Lipinski definition) is 2. The Kier molecular flexibility index (Phi) is 7.32. The summed E-state index contributed by atoms with van der Waals surface area (Å²) < 4.78 is 32.5. The summed E-state index contributed by atoms with van der Waals surface area (Å²) in [5.74, 6) is 5.36. The molecule has 0 saturated carbocycles. The van der Waals surface area contributed by atoms with Crippen LogP contribution in [0.15, 0.2) is 72.9 Å². The highest BCUT2D eigenvalue weighted by molar-refractivity contribution is 5.84. The van der Waals surface area contributed by atoms with Gasteiger partial charge in [-0.1, -0.05) is 43.4 Å². The first kappa shape index (κ1) is 22.5. The smallest absolute Gasteiger partial charge is 0.159 e. The normalized spacial score (nSPS) is 10.6. The Hall–Kier alpha value is -3.71. The molecule has 0 amide bonds. The Labute approximate surface area is 193 Å². The summed E-state index contributed by atoms with van der Waals surface area (Å²) in [4.78, 5) is 4.49. The Morgan fingerprint density at radius 1 is 0.788 bits per heavy atom. The van der Waals surface area contributed by atoms with Crippen molar-refractivity contribution in [1.82, 2.24) is 4.98 Å². The number of rotatable bonds is 7. The molecule has 0 radical (unpaired) electrons. The topological polar surface area (TPSA) is 22.1 Å². The Morgan fingerprint density at radius 2 is 1.52 bits per heavy atom. The van der Waals surface area contributed by atoms with E-state index in [4.69, 9.17) is 4.74 Å². The summed E-state index contributed by atoms with van der Waals surface area (Å²) >= 11 is 0. The molecule has 0 aliphatic rings. The number of hydrogen-bond donors (Lipinski definition) is 0. The summed E-state index contributed by atoms with van der Waals surface area (Å²) in [5.41, 5.74) is 3.91. The Balaban J connectivity index is 1.35. The van der Waals surface area contributed by atoms with Crippen LogP contribution < -0.4 is 4.74 Å². The number of nitrogens with zero attached hydrogens (tertiary/aromatic N) is 1. The molecular weight excluding hydrogens is 416 g/mol. The van der Waals surface area contributed by atoms with Crippen LogP contribution in [0.2, 0.25) is 0 Å². The molecule has 33 heavy (non-hydrogen) atoms. The van der Waals surface area contributed by atoms with Gasteiger partial charge in [0.15, 0.2) is 11.6 Å². The molecule has 0 aliphatic carbocycles. The molecule has 2 nitrogen and oxygen atoms in total. The van der Waals surface area contributed by atoms with E-state index in [2.05, 4.69) is 35.9 Å². The van der Waals surface area contributed by atoms with Crippen molar-refractivity contribution in [1.29, 1.82) is 0 Å². The maximum atomic E-state index is 13.5. The lowest BCUT2D eigenvalue weighted by molar-refractivity contribution is 0.308. The van der Waals surface area contributed by atoms with Crippen molar-refractivity contribution >= 4 is 10.8 Å². The molecule has 0 saturated heterocycles. The fraction of sp³-hybridized carbons (Fsp3) is 0.207. The van der Waals surface area contributed by atoms with Crippen LogP contribution in [-0.2, 0) is 12.8 Å². The van der Waals surface area contributed by atoms with Gasteiger partial charge in [0, 0.05) is 16.8 Å². The lowest BCUT2D eigenvalue weighted by Gasteiger charge is -2.06. The van der Waals surface area contributed by atoms with E-state index >= 15 is 0 Å². The van der Waals surface area contributed by atoms with E-state index in [-0.39, 0.29) is 0 Å². The molecule has 4 rings (SSSR count). The molecule has 0 aliphatic heterocycles. The van der Waals surface area contributed by atoms with Crippen molar-refractivity contribution in [3.05, 3.63) is 107 Å². The molecule has 4 aromatic rings. The van der Waals surface area contributed by atoms with Crippen LogP contribution in [0, 0.1) is 23.5 Å². The van der Waals surface area contributed by atoms with E-state index in [0.717, 1.165) is 54.9 Å². The van der Waals surface area contributed by atoms with Crippen molar-refractivity contribution < 1.29 is 13.5 Å². The van der Waals surface area contributed by atoms with Crippen molar-refractivity contribution in [2.24, 2.45) is 0 Å². The zero-order valence-electron chi connectivity index (χ0n) is 18.6. The zero-order valence-corrected chi connectivity index (χ0v) is 18.6. The standard InChI is InChI=1S/C29H25F2NO/c1-2-3-16-33-27-15-14-26(32-20-27)13-11-22-6-4-21(5-7-22)8-9-23-10-12-24-18-28(30)29(31)19-25(24)17-23/h4-7,10,12,14-15,17-20H,2-3,11,13,16H2,1H3. The summed E-state index contributed by atoms with van der Waals surface area (Å²) in [6.45, 7) is 2.87.